The average molecular weight is 275 g/mol. The van der Waals surface area contributed by atoms with Crippen LogP contribution in [0.2, 0.25) is 0 Å². The summed E-state index contributed by atoms with van der Waals surface area (Å²) < 4.78 is 5.36. The molecule has 0 radical (unpaired) electrons. The van der Waals surface area contributed by atoms with E-state index in [9.17, 15) is 0 Å². The number of hydrogen-bond acceptors (Lipinski definition) is 3. The van der Waals surface area contributed by atoms with Gasteiger partial charge in [-0.3, -0.25) is 0 Å². The molecule has 4 nitrogen and oxygen atoms in total. The van der Waals surface area contributed by atoms with Crippen LogP contribution in [0.25, 0.3) is 22.5 Å². The fourth-order valence-electron chi connectivity index (χ4n) is 2.40. The monoisotopic (exact) mass is 275 g/mol. The summed E-state index contributed by atoms with van der Waals surface area (Å²) in [6, 6.07) is 20.2. The van der Waals surface area contributed by atoms with Crippen LogP contribution in [0, 0.1) is 0 Å². The lowest BCUT2D eigenvalue weighted by Crippen LogP contribution is -1.90. The Morgan fingerprint density at radius 3 is 2.62 bits per heavy atom. The Labute approximate surface area is 121 Å². The number of H-pyrrole nitrogens is 1. The highest BCUT2D eigenvalue weighted by Gasteiger charge is 2.11. The zero-order chi connectivity index (χ0) is 14.1. The van der Waals surface area contributed by atoms with E-state index >= 15 is 0 Å². The summed E-state index contributed by atoms with van der Waals surface area (Å²) in [4.78, 5) is 7.75. The van der Waals surface area contributed by atoms with Crippen LogP contribution in [0.3, 0.4) is 0 Å². The highest BCUT2D eigenvalue weighted by Crippen LogP contribution is 2.22. The van der Waals surface area contributed by atoms with Gasteiger partial charge < -0.3 is 9.51 Å². The molecule has 0 amide bonds. The maximum atomic E-state index is 5.36. The van der Waals surface area contributed by atoms with Crippen molar-refractivity contribution in [1.29, 1.82) is 0 Å². The van der Waals surface area contributed by atoms with Gasteiger partial charge in [0.1, 0.15) is 5.69 Å². The normalized spacial score (nSPS) is 11.0. The number of nitrogens with one attached hydrogen (secondary N) is 1. The zero-order valence-electron chi connectivity index (χ0n) is 11.3. The molecule has 4 aromatic rings. The van der Waals surface area contributed by atoms with Crippen LogP contribution in [0.1, 0.15) is 11.4 Å². The van der Waals surface area contributed by atoms with Crippen molar-refractivity contribution >= 4 is 10.9 Å². The summed E-state index contributed by atoms with van der Waals surface area (Å²) >= 11 is 0. The second-order valence-electron chi connectivity index (χ2n) is 4.95. The molecule has 2 heterocycles. The molecule has 21 heavy (non-hydrogen) atoms. The molecule has 0 aliphatic rings. The first-order valence-corrected chi connectivity index (χ1v) is 6.83. The number of hydrogen-bond donors (Lipinski definition) is 1. The van der Waals surface area contributed by atoms with Crippen molar-refractivity contribution in [1.82, 2.24) is 15.1 Å². The Morgan fingerprint density at radius 2 is 1.76 bits per heavy atom. The van der Waals surface area contributed by atoms with Gasteiger partial charge in [-0.15, -0.1) is 0 Å². The molecule has 102 valence electrons. The maximum Gasteiger partial charge on any atom is 0.274 e. The molecule has 2 aromatic carbocycles. The topological polar surface area (TPSA) is 54.7 Å². The summed E-state index contributed by atoms with van der Waals surface area (Å²) in [5.41, 5.74) is 3.08. The van der Waals surface area contributed by atoms with E-state index in [0.717, 1.165) is 16.6 Å². The third-order valence-electron chi connectivity index (χ3n) is 3.43. The minimum atomic E-state index is 0.525. The molecule has 0 spiro atoms. The second-order valence-corrected chi connectivity index (χ2v) is 4.95. The van der Waals surface area contributed by atoms with Crippen molar-refractivity contribution in [3.05, 3.63) is 72.1 Å². The number of para-hydroxylation sites is 1. The van der Waals surface area contributed by atoms with E-state index in [2.05, 4.69) is 33.3 Å². The van der Waals surface area contributed by atoms with Crippen LogP contribution >= 0.6 is 0 Å². The number of aromatic nitrogens is 3. The lowest BCUT2D eigenvalue weighted by atomic mass is 10.1. The zero-order valence-corrected chi connectivity index (χ0v) is 11.3. The molecule has 4 rings (SSSR count). The van der Waals surface area contributed by atoms with Gasteiger partial charge in [-0.2, -0.15) is 4.98 Å². The molecule has 0 bridgehead atoms. The SMILES string of the molecule is c1ccc(Cc2noc(-c3cc4ccccc4[nH]3)n2)cc1. The lowest BCUT2D eigenvalue weighted by molar-refractivity contribution is 0.423. The summed E-state index contributed by atoms with van der Waals surface area (Å²) in [7, 11) is 0. The van der Waals surface area contributed by atoms with E-state index in [1.807, 2.05) is 42.5 Å². The standard InChI is InChI=1S/C17H13N3O/c1-2-6-12(7-3-1)10-16-19-17(21-20-16)15-11-13-8-4-5-9-14(13)18-15/h1-9,11,18H,10H2. The van der Waals surface area contributed by atoms with Crippen molar-refractivity contribution in [2.45, 2.75) is 6.42 Å². The highest BCUT2D eigenvalue weighted by molar-refractivity contribution is 5.84. The van der Waals surface area contributed by atoms with Crippen molar-refractivity contribution in [2.75, 3.05) is 0 Å². The van der Waals surface area contributed by atoms with Gasteiger partial charge in [0, 0.05) is 17.3 Å². The van der Waals surface area contributed by atoms with Crippen molar-refractivity contribution in [2.24, 2.45) is 0 Å². The number of rotatable bonds is 3. The van der Waals surface area contributed by atoms with E-state index in [0.29, 0.717) is 18.1 Å². The number of nitrogens with zero attached hydrogens (tertiary/aromatic N) is 2. The molecule has 0 saturated heterocycles. The smallest absolute Gasteiger partial charge is 0.274 e. The van der Waals surface area contributed by atoms with Gasteiger partial charge in [-0.1, -0.05) is 53.7 Å². The molecule has 0 aliphatic carbocycles. The Morgan fingerprint density at radius 1 is 0.952 bits per heavy atom. The Balaban J connectivity index is 1.64. The second kappa shape index (κ2) is 4.90. The first-order chi connectivity index (χ1) is 10.4. The minimum Gasteiger partial charge on any atom is -0.351 e. The molecule has 0 atom stereocenters. The van der Waals surface area contributed by atoms with Crippen molar-refractivity contribution in [3.63, 3.8) is 0 Å². The van der Waals surface area contributed by atoms with E-state index in [-0.39, 0.29) is 0 Å². The Bertz CT molecular complexity index is 844. The maximum absolute atomic E-state index is 5.36. The van der Waals surface area contributed by atoms with Gasteiger partial charge in [-0.25, -0.2) is 0 Å². The summed E-state index contributed by atoms with van der Waals surface area (Å²) in [5.74, 6) is 1.21. The predicted molar refractivity (Wildman–Crippen MR) is 80.8 cm³/mol. The van der Waals surface area contributed by atoms with E-state index < -0.39 is 0 Å². The van der Waals surface area contributed by atoms with Gasteiger partial charge >= 0.3 is 0 Å². The minimum absolute atomic E-state index is 0.525. The van der Waals surface area contributed by atoms with Crippen molar-refractivity contribution in [3.8, 4) is 11.6 Å². The highest BCUT2D eigenvalue weighted by atomic mass is 16.5. The molecule has 4 heteroatoms. The molecule has 0 saturated carbocycles. The van der Waals surface area contributed by atoms with Gasteiger partial charge in [0.2, 0.25) is 0 Å². The van der Waals surface area contributed by atoms with Crippen LogP contribution in [-0.4, -0.2) is 15.1 Å². The van der Waals surface area contributed by atoms with E-state index in [1.54, 1.807) is 0 Å². The third kappa shape index (κ3) is 2.31. The fourth-order valence-corrected chi connectivity index (χ4v) is 2.40. The molecular weight excluding hydrogens is 262 g/mol. The average Bonchev–Trinajstić information content (AvgIpc) is 3.14. The van der Waals surface area contributed by atoms with Gasteiger partial charge in [0.05, 0.1) is 0 Å². The number of aromatic amines is 1. The van der Waals surface area contributed by atoms with E-state index in [4.69, 9.17) is 4.52 Å². The lowest BCUT2D eigenvalue weighted by Gasteiger charge is -1.93. The Hall–Kier alpha value is -2.88. The molecular formula is C17H13N3O. The predicted octanol–water partition coefficient (Wildman–Crippen LogP) is 3.81. The summed E-state index contributed by atoms with van der Waals surface area (Å²) in [6.45, 7) is 0. The number of benzene rings is 2. The largest absolute Gasteiger partial charge is 0.351 e. The molecule has 0 aliphatic heterocycles. The quantitative estimate of drug-likeness (QED) is 0.618. The van der Waals surface area contributed by atoms with Gasteiger partial charge in [-0.05, 0) is 17.7 Å². The van der Waals surface area contributed by atoms with Crippen LogP contribution in [-0.2, 0) is 6.42 Å². The van der Waals surface area contributed by atoms with Crippen LogP contribution in [0.15, 0.2) is 65.2 Å². The van der Waals surface area contributed by atoms with Gasteiger partial charge in [0.25, 0.3) is 5.89 Å². The van der Waals surface area contributed by atoms with E-state index in [1.165, 1.54) is 5.56 Å². The van der Waals surface area contributed by atoms with Crippen molar-refractivity contribution < 1.29 is 4.52 Å². The first kappa shape index (κ1) is 11.9. The Kier molecular flexibility index (Phi) is 2.78. The first-order valence-electron chi connectivity index (χ1n) is 6.83. The molecule has 0 fully saturated rings. The van der Waals surface area contributed by atoms with Crippen LogP contribution in [0.5, 0.6) is 0 Å². The van der Waals surface area contributed by atoms with Crippen LogP contribution in [0.4, 0.5) is 0 Å². The van der Waals surface area contributed by atoms with Gasteiger partial charge in [0.15, 0.2) is 5.82 Å². The fraction of sp³-hybridized carbons (Fsp3) is 0.0588. The summed E-state index contributed by atoms with van der Waals surface area (Å²) in [6.07, 6.45) is 0.671. The number of fused-ring (bicyclic) bond motifs is 1. The molecule has 0 unspecified atom stereocenters. The summed E-state index contributed by atoms with van der Waals surface area (Å²) in [5, 5.41) is 5.19. The van der Waals surface area contributed by atoms with Crippen LogP contribution < -0.4 is 0 Å². The molecule has 2 aromatic heterocycles. The third-order valence-corrected chi connectivity index (χ3v) is 3.43. The molecule has 1 N–H and O–H groups in total.